The predicted octanol–water partition coefficient (Wildman–Crippen LogP) is 4.77. The second kappa shape index (κ2) is 12.1. The third kappa shape index (κ3) is 7.71. The average Bonchev–Trinajstić information content (AvgIpc) is 2.87. The fourth-order valence-corrected chi connectivity index (χ4v) is 4.31. The molecule has 0 spiro atoms. The molecule has 1 aliphatic rings. The molecular formula is C28H36N8O4. The summed E-state index contributed by atoms with van der Waals surface area (Å²) in [6, 6.07) is 16.5. The van der Waals surface area contributed by atoms with Crippen LogP contribution < -0.4 is 15.8 Å². The summed E-state index contributed by atoms with van der Waals surface area (Å²) in [6.45, 7) is 10.2. The summed E-state index contributed by atoms with van der Waals surface area (Å²) in [4.78, 5) is 28.8. The molecule has 2 atom stereocenters. The highest BCUT2D eigenvalue weighted by Gasteiger charge is 2.36. The molecule has 0 unspecified atom stereocenters. The van der Waals surface area contributed by atoms with E-state index in [4.69, 9.17) is 25.4 Å². The van der Waals surface area contributed by atoms with Gasteiger partial charge in [0, 0.05) is 18.8 Å². The van der Waals surface area contributed by atoms with E-state index in [0.717, 1.165) is 11.4 Å². The zero-order valence-electron chi connectivity index (χ0n) is 23.4. The lowest BCUT2D eigenvalue weighted by molar-refractivity contribution is -0.00947. The number of carbonyl (C=O) groups is 1. The van der Waals surface area contributed by atoms with Gasteiger partial charge in [0.05, 0.1) is 12.1 Å². The molecule has 4 N–H and O–H groups in total. The molecule has 0 saturated carbocycles. The Balaban J connectivity index is 1.32. The number of ether oxygens (including phenoxy) is 3. The molecule has 1 saturated heterocycles. The normalized spacial score (nSPS) is 17.2. The van der Waals surface area contributed by atoms with Gasteiger partial charge in [0.15, 0.2) is 12.4 Å². The number of benzene rings is 2. The number of nitrogens with zero attached hydrogens (tertiary/aromatic N) is 5. The van der Waals surface area contributed by atoms with E-state index in [-0.39, 0.29) is 48.5 Å². The first-order valence-corrected chi connectivity index (χ1v) is 13.0. The van der Waals surface area contributed by atoms with Gasteiger partial charge in [-0.2, -0.15) is 15.0 Å². The number of hydrogen-bond acceptors (Lipinski definition) is 10. The number of anilines is 3. The quantitative estimate of drug-likeness (QED) is 0.290. The van der Waals surface area contributed by atoms with E-state index in [1.165, 1.54) is 0 Å². The first kappa shape index (κ1) is 28.4. The Morgan fingerprint density at radius 2 is 1.62 bits per heavy atom. The summed E-state index contributed by atoms with van der Waals surface area (Å²) in [5.74, 6) is 1.99. The minimum atomic E-state index is -0.580. The van der Waals surface area contributed by atoms with Gasteiger partial charge in [-0.15, -0.1) is 0 Å². The molecule has 212 valence electrons. The summed E-state index contributed by atoms with van der Waals surface area (Å²) in [6.07, 6.45) is -0.362. The molecule has 40 heavy (non-hydrogen) atoms. The zero-order chi connectivity index (χ0) is 28.9. The van der Waals surface area contributed by atoms with Gasteiger partial charge >= 0.3 is 6.09 Å². The van der Waals surface area contributed by atoms with Gasteiger partial charge in [-0.3, -0.25) is 10.3 Å². The number of piperazine rings is 1. The summed E-state index contributed by atoms with van der Waals surface area (Å²) in [5.41, 5.74) is 6.06. The molecular weight excluding hydrogens is 512 g/mol. The van der Waals surface area contributed by atoms with Crippen LogP contribution in [0.3, 0.4) is 0 Å². The SMILES string of the molecule is C[C@@H]1CN(C(=N)OCc2nc(N)nc(Nc3ccc(Oc4ccccc4)cc3)n2)C[C@H](C)N1C(=O)OC(C)(C)C. The number of nitrogen functional groups attached to an aromatic ring is 1. The number of amidine groups is 1. The van der Waals surface area contributed by atoms with E-state index in [1.807, 2.05) is 89.2 Å². The van der Waals surface area contributed by atoms with Gasteiger partial charge in [-0.25, -0.2) is 4.79 Å². The highest BCUT2D eigenvalue weighted by molar-refractivity contribution is 5.72. The Kier molecular flexibility index (Phi) is 8.56. The van der Waals surface area contributed by atoms with Crippen molar-refractivity contribution in [2.24, 2.45) is 0 Å². The Bertz CT molecular complexity index is 1300. The van der Waals surface area contributed by atoms with E-state index in [2.05, 4.69) is 20.3 Å². The van der Waals surface area contributed by atoms with Gasteiger partial charge in [0.1, 0.15) is 17.1 Å². The van der Waals surface area contributed by atoms with E-state index < -0.39 is 5.60 Å². The second-order valence-corrected chi connectivity index (χ2v) is 10.6. The summed E-state index contributed by atoms with van der Waals surface area (Å²) in [7, 11) is 0. The number of nitrogens with two attached hydrogens (primary N) is 1. The Morgan fingerprint density at radius 3 is 2.25 bits per heavy atom. The highest BCUT2D eigenvalue weighted by atomic mass is 16.6. The maximum Gasteiger partial charge on any atom is 0.410 e. The molecule has 0 aliphatic carbocycles. The van der Waals surface area contributed by atoms with E-state index in [1.54, 1.807) is 9.80 Å². The third-order valence-electron chi connectivity index (χ3n) is 5.94. The maximum absolute atomic E-state index is 12.7. The van der Waals surface area contributed by atoms with Gasteiger partial charge < -0.3 is 30.2 Å². The second-order valence-electron chi connectivity index (χ2n) is 10.6. The number of para-hydroxylation sites is 1. The Labute approximate surface area is 234 Å². The van der Waals surface area contributed by atoms with Crippen LogP contribution in [-0.2, 0) is 16.1 Å². The molecule has 12 nitrogen and oxygen atoms in total. The number of amides is 1. The van der Waals surface area contributed by atoms with Crippen molar-refractivity contribution in [2.75, 3.05) is 24.1 Å². The molecule has 3 aromatic rings. The summed E-state index contributed by atoms with van der Waals surface area (Å²) >= 11 is 0. The average molecular weight is 549 g/mol. The molecule has 1 aromatic heterocycles. The van der Waals surface area contributed by atoms with Crippen molar-refractivity contribution in [1.82, 2.24) is 24.8 Å². The zero-order valence-corrected chi connectivity index (χ0v) is 23.4. The molecule has 2 heterocycles. The topological polar surface area (TPSA) is 152 Å². The van der Waals surface area contributed by atoms with Crippen molar-refractivity contribution >= 4 is 29.7 Å². The number of rotatable bonds is 6. The lowest BCUT2D eigenvalue weighted by Crippen LogP contribution is -2.60. The van der Waals surface area contributed by atoms with Crippen LogP contribution in [0.5, 0.6) is 11.5 Å². The lowest BCUT2D eigenvalue weighted by atomic mass is 10.1. The van der Waals surface area contributed by atoms with Gasteiger partial charge in [0.2, 0.25) is 11.9 Å². The van der Waals surface area contributed by atoms with E-state index in [0.29, 0.717) is 18.8 Å². The number of aromatic nitrogens is 3. The minimum Gasteiger partial charge on any atom is -0.457 e. The van der Waals surface area contributed by atoms with Crippen LogP contribution in [0.4, 0.5) is 22.4 Å². The summed E-state index contributed by atoms with van der Waals surface area (Å²) in [5, 5.41) is 11.6. The van der Waals surface area contributed by atoms with Crippen LogP contribution in [0.2, 0.25) is 0 Å². The minimum absolute atomic E-state index is 0.0277. The molecule has 4 rings (SSSR count). The number of hydrogen-bond donors (Lipinski definition) is 3. The monoisotopic (exact) mass is 548 g/mol. The van der Waals surface area contributed by atoms with Crippen molar-refractivity contribution in [1.29, 1.82) is 5.41 Å². The summed E-state index contributed by atoms with van der Waals surface area (Å²) < 4.78 is 17.1. The molecule has 1 amide bonds. The number of nitrogens with one attached hydrogen (secondary N) is 2. The standard InChI is InChI=1S/C28H36N8O4/c1-18-15-35(16-19(2)36(18)27(37)40-28(3,4)5)25(30)38-17-23-32-24(29)34-26(33-23)31-20-11-13-22(14-12-20)39-21-9-7-6-8-10-21/h6-14,18-19,30H,15-17H2,1-5H3,(H3,29,31,32,33,34)/t18-,19+. The molecule has 0 bridgehead atoms. The van der Waals surface area contributed by atoms with Crippen LogP contribution >= 0.6 is 0 Å². The molecule has 2 aromatic carbocycles. The van der Waals surface area contributed by atoms with Crippen LogP contribution in [0.1, 0.15) is 40.4 Å². The Morgan fingerprint density at radius 1 is 1.00 bits per heavy atom. The number of carbonyl (C=O) groups excluding carboxylic acids is 1. The van der Waals surface area contributed by atoms with E-state index in [9.17, 15) is 4.79 Å². The maximum atomic E-state index is 12.7. The fourth-order valence-electron chi connectivity index (χ4n) is 4.31. The molecule has 1 aliphatic heterocycles. The van der Waals surface area contributed by atoms with Crippen molar-refractivity contribution in [2.45, 2.75) is 58.9 Å². The van der Waals surface area contributed by atoms with Gasteiger partial charge in [0.25, 0.3) is 6.02 Å². The van der Waals surface area contributed by atoms with Crippen molar-refractivity contribution in [3.05, 3.63) is 60.4 Å². The van der Waals surface area contributed by atoms with Crippen molar-refractivity contribution < 1.29 is 19.0 Å². The van der Waals surface area contributed by atoms with E-state index >= 15 is 0 Å². The Hall–Kier alpha value is -4.61. The smallest absolute Gasteiger partial charge is 0.410 e. The van der Waals surface area contributed by atoms with Gasteiger partial charge in [-0.05, 0) is 71.0 Å². The first-order valence-electron chi connectivity index (χ1n) is 13.0. The predicted molar refractivity (Wildman–Crippen MR) is 152 cm³/mol. The lowest BCUT2D eigenvalue weighted by Gasteiger charge is -2.44. The third-order valence-corrected chi connectivity index (χ3v) is 5.94. The molecule has 1 fully saturated rings. The van der Waals surface area contributed by atoms with Crippen molar-refractivity contribution in [3.8, 4) is 11.5 Å². The first-order chi connectivity index (χ1) is 19.0. The van der Waals surface area contributed by atoms with Crippen LogP contribution in [0, 0.1) is 5.41 Å². The van der Waals surface area contributed by atoms with Crippen molar-refractivity contribution in [3.63, 3.8) is 0 Å². The largest absolute Gasteiger partial charge is 0.457 e. The van der Waals surface area contributed by atoms with Gasteiger partial charge in [-0.1, -0.05) is 18.2 Å². The van der Waals surface area contributed by atoms with Crippen LogP contribution in [0.15, 0.2) is 54.6 Å². The van der Waals surface area contributed by atoms with Crippen LogP contribution in [-0.4, -0.2) is 67.6 Å². The fraction of sp³-hybridized carbons (Fsp3) is 0.393. The molecule has 12 heteroatoms. The highest BCUT2D eigenvalue weighted by Crippen LogP contribution is 2.24. The van der Waals surface area contributed by atoms with Crippen LogP contribution in [0.25, 0.3) is 0 Å². The molecule has 0 radical (unpaired) electrons.